The number of benzene rings is 2. The summed E-state index contributed by atoms with van der Waals surface area (Å²) < 4.78 is 5.66. The number of carbonyl (C=O) groups is 1. The highest BCUT2D eigenvalue weighted by Crippen LogP contribution is 2.34. The summed E-state index contributed by atoms with van der Waals surface area (Å²) in [5.74, 6) is 1.07. The van der Waals surface area contributed by atoms with Crippen LogP contribution in [0.4, 0.5) is 5.69 Å². The Morgan fingerprint density at radius 1 is 1.14 bits per heavy atom. The van der Waals surface area contributed by atoms with Crippen LogP contribution >= 0.6 is 0 Å². The molecule has 1 saturated heterocycles. The van der Waals surface area contributed by atoms with Gasteiger partial charge in [-0.1, -0.05) is 36.8 Å². The van der Waals surface area contributed by atoms with E-state index in [0.717, 1.165) is 36.4 Å². The van der Waals surface area contributed by atoms with Crippen LogP contribution in [0.5, 0.6) is 5.75 Å². The molecule has 1 N–H and O–H groups in total. The summed E-state index contributed by atoms with van der Waals surface area (Å²) in [6, 6.07) is 15.3. The number of piperidine rings is 1. The minimum atomic E-state index is 0.178. The number of amides is 1. The maximum atomic E-state index is 12.1. The zero-order valence-corrected chi connectivity index (χ0v) is 16.8. The number of methoxy groups -OCH3 is 1. The highest BCUT2D eigenvalue weighted by atomic mass is 16.5. The highest BCUT2D eigenvalue weighted by molar-refractivity contribution is 5.96. The van der Waals surface area contributed by atoms with E-state index < -0.39 is 0 Å². The van der Waals surface area contributed by atoms with E-state index in [1.54, 1.807) is 12.0 Å². The molecule has 1 amide bonds. The first-order valence-corrected chi connectivity index (χ1v) is 10.2. The molecule has 1 atom stereocenters. The van der Waals surface area contributed by atoms with Gasteiger partial charge in [0.25, 0.3) is 0 Å². The maximum Gasteiger partial charge on any atom is 0.227 e. The number of fused-ring (bicyclic) bond motifs is 1. The van der Waals surface area contributed by atoms with Crippen molar-refractivity contribution in [3.8, 4) is 5.75 Å². The molecular formula is C23H29N3O2. The van der Waals surface area contributed by atoms with Crippen molar-refractivity contribution in [3.05, 3.63) is 59.2 Å². The first kappa shape index (κ1) is 19.0. The largest absolute Gasteiger partial charge is 0.496 e. The molecule has 148 valence electrons. The van der Waals surface area contributed by atoms with Gasteiger partial charge in [-0.2, -0.15) is 0 Å². The smallest absolute Gasteiger partial charge is 0.227 e. The topological polar surface area (TPSA) is 44.8 Å². The van der Waals surface area contributed by atoms with E-state index in [4.69, 9.17) is 4.74 Å². The molecule has 0 saturated carbocycles. The molecule has 0 aliphatic carbocycles. The molecule has 1 unspecified atom stereocenters. The van der Waals surface area contributed by atoms with Gasteiger partial charge in [-0.15, -0.1) is 0 Å². The third-order valence-electron chi connectivity index (χ3n) is 5.99. The Hall–Kier alpha value is -2.37. The minimum absolute atomic E-state index is 0.178. The first-order chi connectivity index (χ1) is 13.7. The number of aryl methyl sites for hydroxylation is 1. The molecule has 0 bridgehead atoms. The van der Waals surface area contributed by atoms with Crippen LogP contribution in [0, 0.1) is 0 Å². The summed E-state index contributed by atoms with van der Waals surface area (Å²) in [6.45, 7) is 1.72. The molecular weight excluding hydrogens is 350 g/mol. The molecule has 5 nitrogen and oxygen atoms in total. The molecule has 2 aromatic carbocycles. The van der Waals surface area contributed by atoms with Crippen molar-refractivity contribution in [2.75, 3.05) is 25.6 Å². The Balaban J connectivity index is 1.54. The summed E-state index contributed by atoms with van der Waals surface area (Å²) >= 11 is 0. The minimum Gasteiger partial charge on any atom is -0.496 e. The molecule has 0 radical (unpaired) electrons. The summed E-state index contributed by atoms with van der Waals surface area (Å²) in [4.78, 5) is 13.9. The van der Waals surface area contributed by atoms with Crippen molar-refractivity contribution in [2.24, 2.45) is 0 Å². The van der Waals surface area contributed by atoms with Crippen molar-refractivity contribution >= 4 is 11.6 Å². The van der Waals surface area contributed by atoms with Crippen molar-refractivity contribution in [1.29, 1.82) is 0 Å². The predicted molar refractivity (Wildman–Crippen MR) is 111 cm³/mol. The van der Waals surface area contributed by atoms with Crippen LogP contribution in [-0.2, 0) is 17.8 Å². The van der Waals surface area contributed by atoms with Gasteiger partial charge in [-0.3, -0.25) is 10.2 Å². The Labute approximate surface area is 167 Å². The third-order valence-corrected chi connectivity index (χ3v) is 5.99. The van der Waals surface area contributed by atoms with Crippen molar-refractivity contribution < 1.29 is 9.53 Å². The van der Waals surface area contributed by atoms with E-state index >= 15 is 0 Å². The summed E-state index contributed by atoms with van der Waals surface area (Å²) in [5, 5.41) is 2.37. The van der Waals surface area contributed by atoms with Crippen LogP contribution in [0.25, 0.3) is 0 Å². The predicted octanol–water partition coefficient (Wildman–Crippen LogP) is 3.84. The zero-order chi connectivity index (χ0) is 19.5. The Bertz CT molecular complexity index is 837. The molecule has 2 aliphatic rings. The average molecular weight is 380 g/mol. The lowest BCUT2D eigenvalue weighted by atomic mass is 9.96. The highest BCUT2D eigenvalue weighted by Gasteiger charge is 2.25. The number of rotatable bonds is 5. The molecule has 28 heavy (non-hydrogen) atoms. The van der Waals surface area contributed by atoms with E-state index in [0.29, 0.717) is 19.0 Å². The summed E-state index contributed by atoms with van der Waals surface area (Å²) in [5.41, 5.74) is 8.28. The van der Waals surface area contributed by atoms with E-state index in [2.05, 4.69) is 52.9 Å². The Morgan fingerprint density at radius 2 is 1.96 bits per heavy atom. The van der Waals surface area contributed by atoms with Gasteiger partial charge < -0.3 is 9.64 Å². The maximum absolute atomic E-state index is 12.1. The fourth-order valence-corrected chi connectivity index (χ4v) is 4.37. The number of anilines is 1. The van der Waals surface area contributed by atoms with Gasteiger partial charge >= 0.3 is 0 Å². The molecule has 2 aliphatic heterocycles. The number of ether oxygens (including phenoxy) is 1. The molecule has 5 heteroatoms. The number of hydrogen-bond donors (Lipinski definition) is 1. The number of hydrogen-bond acceptors (Lipinski definition) is 4. The van der Waals surface area contributed by atoms with Gasteiger partial charge in [-0.05, 0) is 42.5 Å². The van der Waals surface area contributed by atoms with Gasteiger partial charge in [0.2, 0.25) is 5.91 Å². The molecule has 2 heterocycles. The molecule has 2 aromatic rings. The van der Waals surface area contributed by atoms with Gasteiger partial charge in [0.05, 0.1) is 7.11 Å². The van der Waals surface area contributed by atoms with Crippen LogP contribution in [0.1, 0.15) is 48.4 Å². The standard InChI is InChI=1S/C23H29N3O2/c1-25-21-14-19(22(28-2)15-18(21)11-12-23(25)27)16-24-26-13-7-6-10-20(26)17-8-4-3-5-9-17/h3-5,8-9,14-15,20,24H,6-7,10-13,16H2,1-2H3. The third kappa shape index (κ3) is 3.77. The van der Waals surface area contributed by atoms with Gasteiger partial charge in [0, 0.05) is 43.9 Å². The normalized spacial score (nSPS) is 20.1. The fourth-order valence-electron chi connectivity index (χ4n) is 4.37. The molecule has 4 rings (SSSR count). The monoisotopic (exact) mass is 379 g/mol. The van der Waals surface area contributed by atoms with Gasteiger partial charge in [0.1, 0.15) is 5.75 Å². The molecule has 1 fully saturated rings. The Kier molecular flexibility index (Phi) is 5.64. The van der Waals surface area contributed by atoms with Crippen LogP contribution in [-0.4, -0.2) is 31.6 Å². The number of carbonyl (C=O) groups excluding carboxylic acids is 1. The summed E-state index contributed by atoms with van der Waals surface area (Å²) in [6.07, 6.45) is 4.97. The van der Waals surface area contributed by atoms with E-state index in [1.807, 2.05) is 7.05 Å². The molecule has 0 spiro atoms. The van der Waals surface area contributed by atoms with Crippen molar-refractivity contribution in [2.45, 2.75) is 44.7 Å². The van der Waals surface area contributed by atoms with Crippen LogP contribution < -0.4 is 15.1 Å². The zero-order valence-electron chi connectivity index (χ0n) is 16.8. The van der Waals surface area contributed by atoms with Crippen LogP contribution in [0.2, 0.25) is 0 Å². The average Bonchev–Trinajstić information content (AvgIpc) is 2.75. The van der Waals surface area contributed by atoms with Crippen molar-refractivity contribution in [3.63, 3.8) is 0 Å². The summed E-state index contributed by atoms with van der Waals surface area (Å²) in [7, 11) is 3.58. The number of hydrazine groups is 1. The van der Waals surface area contributed by atoms with Gasteiger partial charge in [0.15, 0.2) is 0 Å². The van der Waals surface area contributed by atoms with E-state index in [1.165, 1.54) is 24.0 Å². The molecule has 0 aromatic heterocycles. The fraction of sp³-hybridized carbons (Fsp3) is 0.435. The first-order valence-electron chi connectivity index (χ1n) is 10.2. The lowest BCUT2D eigenvalue weighted by Crippen LogP contribution is -2.43. The second-order valence-corrected chi connectivity index (χ2v) is 7.70. The lowest BCUT2D eigenvalue weighted by Gasteiger charge is -2.36. The number of nitrogens with zero attached hydrogens (tertiary/aromatic N) is 2. The SMILES string of the molecule is COc1cc2c(cc1CNN1CCCCC1c1ccccc1)N(C)C(=O)CC2. The van der Waals surface area contributed by atoms with E-state index in [9.17, 15) is 4.79 Å². The number of nitrogens with one attached hydrogen (secondary N) is 1. The van der Waals surface area contributed by atoms with Crippen LogP contribution in [0.3, 0.4) is 0 Å². The second-order valence-electron chi connectivity index (χ2n) is 7.70. The van der Waals surface area contributed by atoms with Gasteiger partial charge in [-0.25, -0.2) is 5.01 Å². The van der Waals surface area contributed by atoms with E-state index in [-0.39, 0.29) is 5.91 Å². The van der Waals surface area contributed by atoms with Crippen LogP contribution in [0.15, 0.2) is 42.5 Å². The second kappa shape index (κ2) is 8.33. The Morgan fingerprint density at radius 3 is 2.75 bits per heavy atom. The van der Waals surface area contributed by atoms with Crippen molar-refractivity contribution in [1.82, 2.24) is 10.4 Å². The quantitative estimate of drug-likeness (QED) is 0.857. The lowest BCUT2D eigenvalue weighted by molar-refractivity contribution is -0.118.